The Hall–Kier alpha value is -1.67. The number of rotatable bonds is 7. The number of hydrogen-bond donors (Lipinski definition) is 0. The highest BCUT2D eigenvalue weighted by Crippen LogP contribution is 2.42. The van der Waals surface area contributed by atoms with E-state index in [1.54, 1.807) is 0 Å². The smallest absolute Gasteiger partial charge is 0.164 e. The first-order valence-corrected chi connectivity index (χ1v) is 9.26. The molecular formula is C21H25ClO2. The number of benzene rings is 2. The molecule has 0 bridgehead atoms. The lowest BCUT2D eigenvalue weighted by Gasteiger charge is -2.24. The van der Waals surface area contributed by atoms with Gasteiger partial charge >= 0.3 is 0 Å². The first-order chi connectivity index (χ1) is 11.7. The Kier molecular flexibility index (Phi) is 5.68. The molecule has 0 radical (unpaired) electrons. The maximum absolute atomic E-state index is 6.31. The van der Waals surface area contributed by atoms with Crippen molar-refractivity contribution in [2.45, 2.75) is 51.7 Å². The second-order valence-electron chi connectivity index (χ2n) is 6.49. The van der Waals surface area contributed by atoms with Crippen LogP contribution in [0.15, 0.2) is 48.5 Å². The van der Waals surface area contributed by atoms with Crippen LogP contribution in [0.5, 0.6) is 11.5 Å². The molecule has 3 rings (SSSR count). The average Bonchev–Trinajstić information content (AvgIpc) is 2.94. The third kappa shape index (κ3) is 3.87. The summed E-state index contributed by atoms with van der Waals surface area (Å²) in [4.78, 5) is 0. The highest BCUT2D eigenvalue weighted by atomic mass is 35.5. The Bertz CT molecular complexity index is 653. The third-order valence-corrected chi connectivity index (χ3v) is 5.01. The number of hydrogen-bond acceptors (Lipinski definition) is 2. The summed E-state index contributed by atoms with van der Waals surface area (Å²) >= 11 is 5.98. The van der Waals surface area contributed by atoms with Crippen LogP contribution in [-0.2, 0) is 0 Å². The summed E-state index contributed by atoms with van der Waals surface area (Å²) in [5.41, 5.74) is 1.14. The highest BCUT2D eigenvalue weighted by Gasteiger charge is 2.37. The molecule has 3 atom stereocenters. The van der Waals surface area contributed by atoms with Gasteiger partial charge in [0, 0.05) is 10.6 Å². The van der Waals surface area contributed by atoms with Crippen molar-refractivity contribution in [2.75, 3.05) is 0 Å². The SMILES string of the molecule is CCCC(CC)CC1Oc2ccccc2C1Oc1ccc(Cl)cc1. The predicted octanol–water partition coefficient (Wildman–Crippen LogP) is 6.44. The molecule has 0 saturated carbocycles. The standard InChI is InChI=1S/C21H25ClO2/c1-3-7-15(4-2)14-20-21(18-8-5-6-9-19(18)24-20)23-17-12-10-16(22)11-13-17/h5-6,8-13,15,20-21H,3-4,7,14H2,1-2H3. The molecule has 0 N–H and O–H groups in total. The van der Waals surface area contributed by atoms with E-state index in [-0.39, 0.29) is 12.2 Å². The molecule has 24 heavy (non-hydrogen) atoms. The minimum absolute atomic E-state index is 0.0618. The molecule has 3 unspecified atom stereocenters. The van der Waals surface area contributed by atoms with Gasteiger partial charge in [-0.1, -0.05) is 62.9 Å². The van der Waals surface area contributed by atoms with E-state index in [4.69, 9.17) is 21.1 Å². The highest BCUT2D eigenvalue weighted by molar-refractivity contribution is 6.30. The van der Waals surface area contributed by atoms with Gasteiger partial charge in [0.25, 0.3) is 0 Å². The van der Waals surface area contributed by atoms with Crippen LogP contribution < -0.4 is 9.47 Å². The van der Waals surface area contributed by atoms with Crippen molar-refractivity contribution in [2.24, 2.45) is 5.92 Å². The van der Waals surface area contributed by atoms with E-state index >= 15 is 0 Å². The van der Waals surface area contributed by atoms with Crippen LogP contribution in [0.2, 0.25) is 5.02 Å². The van der Waals surface area contributed by atoms with Crippen LogP contribution >= 0.6 is 11.6 Å². The third-order valence-electron chi connectivity index (χ3n) is 4.76. The molecule has 2 nitrogen and oxygen atoms in total. The number of halogens is 1. The maximum atomic E-state index is 6.31. The van der Waals surface area contributed by atoms with Gasteiger partial charge in [0.15, 0.2) is 6.10 Å². The van der Waals surface area contributed by atoms with E-state index < -0.39 is 0 Å². The maximum Gasteiger partial charge on any atom is 0.164 e. The lowest BCUT2D eigenvalue weighted by Crippen LogP contribution is -2.26. The van der Waals surface area contributed by atoms with E-state index in [2.05, 4.69) is 19.9 Å². The van der Waals surface area contributed by atoms with Gasteiger partial charge in [-0.2, -0.15) is 0 Å². The quantitative estimate of drug-likeness (QED) is 0.575. The number of fused-ring (bicyclic) bond motifs is 1. The fourth-order valence-electron chi connectivity index (χ4n) is 3.44. The summed E-state index contributed by atoms with van der Waals surface area (Å²) in [5.74, 6) is 2.46. The molecule has 1 aliphatic rings. The van der Waals surface area contributed by atoms with Gasteiger partial charge in [0.2, 0.25) is 0 Å². The van der Waals surface area contributed by atoms with Crippen molar-refractivity contribution in [3.8, 4) is 11.5 Å². The average molecular weight is 345 g/mol. The number of para-hydroxylation sites is 1. The van der Waals surface area contributed by atoms with Crippen LogP contribution in [0.1, 0.15) is 51.2 Å². The minimum atomic E-state index is -0.0618. The van der Waals surface area contributed by atoms with Crippen molar-refractivity contribution in [1.82, 2.24) is 0 Å². The summed E-state index contributed by atoms with van der Waals surface area (Å²) in [6, 6.07) is 15.8. The van der Waals surface area contributed by atoms with E-state index in [0.29, 0.717) is 5.92 Å². The number of ether oxygens (including phenoxy) is 2. The van der Waals surface area contributed by atoms with Gasteiger partial charge in [-0.25, -0.2) is 0 Å². The van der Waals surface area contributed by atoms with E-state index in [1.807, 2.05) is 42.5 Å². The Morgan fingerprint density at radius 1 is 1.08 bits per heavy atom. The molecule has 0 amide bonds. The monoisotopic (exact) mass is 344 g/mol. The van der Waals surface area contributed by atoms with Crippen LogP contribution in [-0.4, -0.2) is 6.10 Å². The fraction of sp³-hybridized carbons (Fsp3) is 0.429. The zero-order chi connectivity index (χ0) is 16.9. The van der Waals surface area contributed by atoms with E-state index in [9.17, 15) is 0 Å². The Balaban J connectivity index is 1.81. The topological polar surface area (TPSA) is 18.5 Å². The van der Waals surface area contributed by atoms with Gasteiger partial charge in [-0.05, 0) is 42.7 Å². The molecule has 0 aliphatic carbocycles. The molecule has 0 fully saturated rings. The lowest BCUT2D eigenvalue weighted by atomic mass is 9.91. The van der Waals surface area contributed by atoms with Gasteiger partial charge in [-0.3, -0.25) is 0 Å². The summed E-state index contributed by atoms with van der Waals surface area (Å²) in [5, 5.41) is 0.718. The minimum Gasteiger partial charge on any atom is -0.486 e. The summed E-state index contributed by atoms with van der Waals surface area (Å²) in [6.07, 6.45) is 4.65. The van der Waals surface area contributed by atoms with Crippen LogP contribution in [0.25, 0.3) is 0 Å². The zero-order valence-corrected chi connectivity index (χ0v) is 15.1. The van der Waals surface area contributed by atoms with Crippen molar-refractivity contribution in [3.05, 3.63) is 59.1 Å². The van der Waals surface area contributed by atoms with E-state index in [0.717, 1.165) is 28.5 Å². The molecule has 3 heteroatoms. The second-order valence-corrected chi connectivity index (χ2v) is 6.92. The van der Waals surface area contributed by atoms with Crippen molar-refractivity contribution < 1.29 is 9.47 Å². The molecule has 128 valence electrons. The van der Waals surface area contributed by atoms with Gasteiger partial charge < -0.3 is 9.47 Å². The molecule has 1 aliphatic heterocycles. The summed E-state index contributed by atoms with van der Waals surface area (Å²) in [7, 11) is 0. The summed E-state index contributed by atoms with van der Waals surface area (Å²) < 4.78 is 12.6. The normalized spacial score (nSPS) is 20.3. The molecule has 1 heterocycles. The first kappa shape index (κ1) is 17.2. The second kappa shape index (κ2) is 7.94. The van der Waals surface area contributed by atoms with Crippen LogP contribution in [0.3, 0.4) is 0 Å². The molecule has 0 aromatic heterocycles. The van der Waals surface area contributed by atoms with Crippen molar-refractivity contribution in [1.29, 1.82) is 0 Å². The molecule has 0 saturated heterocycles. The molecule has 2 aromatic carbocycles. The Morgan fingerprint density at radius 2 is 1.83 bits per heavy atom. The van der Waals surface area contributed by atoms with Crippen LogP contribution in [0.4, 0.5) is 0 Å². The van der Waals surface area contributed by atoms with Crippen molar-refractivity contribution in [3.63, 3.8) is 0 Å². The van der Waals surface area contributed by atoms with Gasteiger partial charge in [0.1, 0.15) is 17.6 Å². The predicted molar refractivity (Wildman–Crippen MR) is 99.0 cm³/mol. The van der Waals surface area contributed by atoms with Crippen LogP contribution in [0, 0.1) is 5.92 Å². The Labute approximate surface area is 149 Å². The van der Waals surface area contributed by atoms with E-state index in [1.165, 1.54) is 19.3 Å². The largest absolute Gasteiger partial charge is 0.486 e. The van der Waals surface area contributed by atoms with Gasteiger partial charge in [0.05, 0.1) is 0 Å². The Morgan fingerprint density at radius 3 is 2.54 bits per heavy atom. The molecule has 2 aromatic rings. The first-order valence-electron chi connectivity index (χ1n) is 8.89. The zero-order valence-electron chi connectivity index (χ0n) is 14.4. The molecule has 0 spiro atoms. The summed E-state index contributed by atoms with van der Waals surface area (Å²) in [6.45, 7) is 4.51. The molecular weight excluding hydrogens is 320 g/mol. The van der Waals surface area contributed by atoms with Crippen molar-refractivity contribution >= 4 is 11.6 Å². The van der Waals surface area contributed by atoms with Gasteiger partial charge in [-0.15, -0.1) is 0 Å². The lowest BCUT2D eigenvalue weighted by molar-refractivity contribution is 0.0659. The fourth-order valence-corrected chi connectivity index (χ4v) is 3.57.